The van der Waals surface area contributed by atoms with Crippen LogP contribution in [0.3, 0.4) is 0 Å². The molecule has 0 amide bonds. The number of hydrogen-bond acceptors (Lipinski definition) is 3. The smallest absolute Gasteiger partial charge is 0.316 e. The summed E-state index contributed by atoms with van der Waals surface area (Å²) in [4.78, 5) is 23.8. The van der Waals surface area contributed by atoms with Crippen LogP contribution in [-0.2, 0) is 9.53 Å². The highest BCUT2D eigenvalue weighted by atomic mass is 16.5. The molecule has 0 saturated carbocycles. The average molecular weight is 234 g/mol. The Hall–Kier alpha value is -1.64. The molecule has 1 aromatic carbocycles. The normalized spacial score (nSPS) is 11.9. The van der Waals surface area contributed by atoms with E-state index in [1.165, 1.54) is 0 Å². The van der Waals surface area contributed by atoms with E-state index in [2.05, 4.69) is 0 Å². The predicted molar refractivity (Wildman–Crippen MR) is 65.9 cm³/mol. The zero-order valence-electron chi connectivity index (χ0n) is 10.5. The lowest BCUT2D eigenvalue weighted by molar-refractivity contribution is -0.146. The summed E-state index contributed by atoms with van der Waals surface area (Å²) >= 11 is 0. The fraction of sp³-hybridized carbons (Fsp3) is 0.429. The molecule has 0 radical (unpaired) electrons. The number of hydrogen-bond donors (Lipinski definition) is 0. The van der Waals surface area contributed by atoms with Crippen molar-refractivity contribution >= 4 is 11.8 Å². The highest BCUT2D eigenvalue weighted by Gasteiger charge is 2.26. The average Bonchev–Trinajstić information content (AvgIpc) is 2.30. The van der Waals surface area contributed by atoms with Gasteiger partial charge in [-0.25, -0.2) is 0 Å². The first-order valence-electron chi connectivity index (χ1n) is 5.87. The third kappa shape index (κ3) is 3.41. The lowest BCUT2D eigenvalue weighted by atomic mass is 9.94. The van der Waals surface area contributed by atoms with Crippen molar-refractivity contribution in [1.29, 1.82) is 0 Å². The molecule has 1 rings (SSSR count). The van der Waals surface area contributed by atoms with Gasteiger partial charge in [0.05, 0.1) is 6.61 Å². The zero-order chi connectivity index (χ0) is 12.8. The lowest BCUT2D eigenvalue weighted by Gasteiger charge is -2.12. The fourth-order valence-corrected chi connectivity index (χ4v) is 1.70. The van der Waals surface area contributed by atoms with Crippen LogP contribution in [0.25, 0.3) is 0 Å². The molecule has 17 heavy (non-hydrogen) atoms. The van der Waals surface area contributed by atoms with Crippen molar-refractivity contribution in [1.82, 2.24) is 0 Å². The van der Waals surface area contributed by atoms with Gasteiger partial charge in [0.2, 0.25) is 0 Å². The molecule has 1 atom stereocenters. The van der Waals surface area contributed by atoms with Gasteiger partial charge in [-0.1, -0.05) is 30.7 Å². The van der Waals surface area contributed by atoms with E-state index in [0.717, 1.165) is 5.56 Å². The minimum atomic E-state index is -0.684. The van der Waals surface area contributed by atoms with Crippen molar-refractivity contribution in [2.24, 2.45) is 5.92 Å². The van der Waals surface area contributed by atoms with Gasteiger partial charge >= 0.3 is 5.97 Å². The molecule has 0 N–H and O–H groups in total. The van der Waals surface area contributed by atoms with Crippen LogP contribution in [0.5, 0.6) is 0 Å². The molecular weight excluding hydrogens is 216 g/mol. The Morgan fingerprint density at radius 3 is 2.53 bits per heavy atom. The van der Waals surface area contributed by atoms with Crippen molar-refractivity contribution in [2.75, 3.05) is 6.61 Å². The van der Waals surface area contributed by atoms with Gasteiger partial charge in [-0.05, 0) is 26.3 Å². The number of carbonyl (C=O) groups excluding carboxylic acids is 2. The van der Waals surface area contributed by atoms with Crippen molar-refractivity contribution in [2.45, 2.75) is 27.2 Å². The monoisotopic (exact) mass is 234 g/mol. The van der Waals surface area contributed by atoms with Crippen molar-refractivity contribution in [3.05, 3.63) is 35.4 Å². The zero-order valence-corrected chi connectivity index (χ0v) is 10.5. The minimum absolute atomic E-state index is 0.158. The van der Waals surface area contributed by atoms with Crippen LogP contribution < -0.4 is 0 Å². The van der Waals surface area contributed by atoms with E-state index in [9.17, 15) is 9.59 Å². The molecule has 0 fully saturated rings. The molecule has 3 heteroatoms. The second kappa shape index (κ2) is 6.18. The molecule has 0 heterocycles. The number of rotatable bonds is 5. The van der Waals surface area contributed by atoms with Crippen LogP contribution in [0.1, 0.15) is 36.2 Å². The van der Waals surface area contributed by atoms with Gasteiger partial charge in [-0.3, -0.25) is 9.59 Å². The van der Waals surface area contributed by atoms with Gasteiger partial charge in [0.15, 0.2) is 5.78 Å². The number of benzene rings is 1. The largest absolute Gasteiger partial charge is 0.465 e. The number of Topliss-reactive ketones (excluding diaryl/α,β-unsaturated/α-hetero) is 1. The third-order valence-corrected chi connectivity index (χ3v) is 2.60. The maximum atomic E-state index is 12.1. The number of carbonyl (C=O) groups is 2. The molecule has 0 spiro atoms. The predicted octanol–water partition coefficient (Wildman–Crippen LogP) is 2.77. The van der Waals surface area contributed by atoms with E-state index in [4.69, 9.17) is 4.74 Å². The summed E-state index contributed by atoms with van der Waals surface area (Å²) in [5.74, 6) is -1.27. The summed E-state index contributed by atoms with van der Waals surface area (Å²) in [5.41, 5.74) is 1.58. The van der Waals surface area contributed by atoms with Crippen molar-refractivity contribution in [3.8, 4) is 0 Å². The maximum absolute atomic E-state index is 12.1. The van der Waals surface area contributed by atoms with Crippen LogP contribution in [-0.4, -0.2) is 18.4 Å². The summed E-state index contributed by atoms with van der Waals surface area (Å²) in [6, 6.07) is 7.27. The first kappa shape index (κ1) is 13.4. The third-order valence-electron chi connectivity index (χ3n) is 2.60. The highest BCUT2D eigenvalue weighted by molar-refractivity contribution is 6.08. The summed E-state index contributed by atoms with van der Waals surface area (Å²) in [7, 11) is 0. The first-order chi connectivity index (χ1) is 8.10. The van der Waals surface area contributed by atoms with Crippen LogP contribution in [0, 0.1) is 12.8 Å². The molecule has 3 nitrogen and oxygen atoms in total. The minimum Gasteiger partial charge on any atom is -0.465 e. The van der Waals surface area contributed by atoms with E-state index < -0.39 is 11.9 Å². The van der Waals surface area contributed by atoms with Gasteiger partial charge in [0.1, 0.15) is 5.92 Å². The summed E-state index contributed by atoms with van der Waals surface area (Å²) in [6.07, 6.45) is 0.464. The second-order valence-electron chi connectivity index (χ2n) is 3.95. The molecule has 1 aromatic rings. The molecule has 0 aromatic heterocycles. The molecule has 0 bridgehead atoms. The first-order valence-corrected chi connectivity index (χ1v) is 5.87. The Morgan fingerprint density at radius 2 is 2.00 bits per heavy atom. The van der Waals surface area contributed by atoms with E-state index in [0.29, 0.717) is 18.6 Å². The van der Waals surface area contributed by atoms with E-state index in [1.807, 2.05) is 26.0 Å². The molecule has 0 aliphatic carbocycles. The van der Waals surface area contributed by atoms with E-state index in [-0.39, 0.29) is 5.78 Å². The van der Waals surface area contributed by atoms with E-state index >= 15 is 0 Å². The number of ether oxygens (including phenoxy) is 1. The highest BCUT2D eigenvalue weighted by Crippen LogP contribution is 2.15. The lowest BCUT2D eigenvalue weighted by Crippen LogP contribution is -2.25. The quantitative estimate of drug-likeness (QED) is 0.447. The number of ketones is 1. The van der Waals surface area contributed by atoms with Crippen LogP contribution in [0.4, 0.5) is 0 Å². The van der Waals surface area contributed by atoms with Gasteiger partial charge in [0.25, 0.3) is 0 Å². The standard InChI is InChI=1S/C14H18O3/c1-4-12(14(16)17-5-2)13(15)11-8-6-7-10(3)9-11/h6-9,12H,4-5H2,1-3H3. The van der Waals surface area contributed by atoms with Crippen LogP contribution in [0.15, 0.2) is 24.3 Å². The second-order valence-corrected chi connectivity index (χ2v) is 3.95. The molecule has 0 saturated heterocycles. The van der Waals surface area contributed by atoms with Crippen LogP contribution >= 0.6 is 0 Å². The Kier molecular flexibility index (Phi) is 4.88. The molecule has 0 aliphatic heterocycles. The molecule has 1 unspecified atom stereocenters. The Balaban J connectivity index is 2.90. The van der Waals surface area contributed by atoms with Crippen molar-refractivity contribution < 1.29 is 14.3 Å². The van der Waals surface area contributed by atoms with Crippen molar-refractivity contribution in [3.63, 3.8) is 0 Å². The number of esters is 1. The Morgan fingerprint density at radius 1 is 1.29 bits per heavy atom. The fourth-order valence-electron chi connectivity index (χ4n) is 1.70. The number of aryl methyl sites for hydroxylation is 1. The summed E-state index contributed by atoms with van der Waals surface area (Å²) < 4.78 is 4.91. The summed E-state index contributed by atoms with van der Waals surface area (Å²) in [6.45, 7) is 5.77. The maximum Gasteiger partial charge on any atom is 0.316 e. The molecule has 92 valence electrons. The Labute approximate surface area is 102 Å². The van der Waals surface area contributed by atoms with Crippen LogP contribution in [0.2, 0.25) is 0 Å². The Bertz CT molecular complexity index is 410. The van der Waals surface area contributed by atoms with Gasteiger partial charge in [-0.2, -0.15) is 0 Å². The van der Waals surface area contributed by atoms with E-state index in [1.54, 1.807) is 19.1 Å². The van der Waals surface area contributed by atoms with Gasteiger partial charge in [0, 0.05) is 5.56 Å². The molecular formula is C14H18O3. The summed E-state index contributed by atoms with van der Waals surface area (Å²) in [5, 5.41) is 0. The van der Waals surface area contributed by atoms with Gasteiger partial charge < -0.3 is 4.74 Å². The molecule has 0 aliphatic rings. The topological polar surface area (TPSA) is 43.4 Å². The van der Waals surface area contributed by atoms with Gasteiger partial charge in [-0.15, -0.1) is 0 Å². The SMILES string of the molecule is CCOC(=O)C(CC)C(=O)c1cccc(C)c1.